The van der Waals surface area contributed by atoms with Crippen LogP contribution in [0.1, 0.15) is 23.4 Å². The van der Waals surface area contributed by atoms with Crippen LogP contribution in [0.5, 0.6) is 0 Å². The quantitative estimate of drug-likeness (QED) is 0.454. The third-order valence-electron chi connectivity index (χ3n) is 5.98. The molecule has 4 aromatic rings. The van der Waals surface area contributed by atoms with Crippen molar-refractivity contribution in [3.05, 3.63) is 114 Å². The summed E-state index contributed by atoms with van der Waals surface area (Å²) in [7, 11) is 0. The molecule has 2 aromatic heterocycles. The van der Waals surface area contributed by atoms with Crippen molar-refractivity contribution in [2.24, 2.45) is 4.99 Å². The molecule has 172 valence electrons. The summed E-state index contributed by atoms with van der Waals surface area (Å²) in [6, 6.07) is 19.6. The SMILES string of the molecule is CC1=C(C(=O)Nc2ccccc2)[C@@H](c2cccs2)n2c(s/c(=C3\C(=O)Nc4ccccc43)c2=O)=N1. The third-order valence-corrected chi connectivity index (χ3v) is 7.96. The predicted molar refractivity (Wildman–Crippen MR) is 137 cm³/mol. The minimum absolute atomic E-state index is 0.310. The van der Waals surface area contributed by atoms with Gasteiger partial charge in [-0.1, -0.05) is 53.8 Å². The van der Waals surface area contributed by atoms with Crippen molar-refractivity contribution in [3.8, 4) is 0 Å². The number of carbonyl (C=O) groups is 2. The van der Waals surface area contributed by atoms with Gasteiger partial charge < -0.3 is 10.6 Å². The van der Waals surface area contributed by atoms with Crippen molar-refractivity contribution in [3.63, 3.8) is 0 Å². The highest BCUT2D eigenvalue weighted by atomic mass is 32.1. The second-order valence-electron chi connectivity index (χ2n) is 8.11. The maximum absolute atomic E-state index is 13.9. The molecular formula is C26H18N4O3S2. The maximum Gasteiger partial charge on any atom is 0.272 e. The molecule has 35 heavy (non-hydrogen) atoms. The lowest BCUT2D eigenvalue weighted by molar-refractivity contribution is -0.113. The van der Waals surface area contributed by atoms with E-state index in [2.05, 4.69) is 15.6 Å². The summed E-state index contributed by atoms with van der Waals surface area (Å²) in [5.41, 5.74) is 2.95. The summed E-state index contributed by atoms with van der Waals surface area (Å²) in [5.74, 6) is -0.639. The number of nitrogens with one attached hydrogen (secondary N) is 2. The number of rotatable bonds is 3. The second kappa shape index (κ2) is 8.30. The fraction of sp³-hybridized carbons (Fsp3) is 0.0769. The summed E-state index contributed by atoms with van der Waals surface area (Å²) in [5, 5.41) is 7.68. The molecule has 1 atom stereocenters. The van der Waals surface area contributed by atoms with E-state index in [0.29, 0.717) is 43.1 Å². The zero-order chi connectivity index (χ0) is 24.1. The molecule has 2 aromatic carbocycles. The molecule has 6 rings (SSSR count). The van der Waals surface area contributed by atoms with Crippen LogP contribution in [-0.2, 0) is 9.59 Å². The number of nitrogens with zero attached hydrogens (tertiary/aromatic N) is 2. The number of para-hydroxylation sites is 2. The van der Waals surface area contributed by atoms with Crippen LogP contribution in [0.2, 0.25) is 0 Å². The first kappa shape index (κ1) is 21.5. The Morgan fingerprint density at radius 3 is 2.57 bits per heavy atom. The third kappa shape index (κ3) is 3.48. The topological polar surface area (TPSA) is 92.6 Å². The van der Waals surface area contributed by atoms with E-state index in [1.807, 2.05) is 60.0 Å². The average Bonchev–Trinajstić information content (AvgIpc) is 3.56. The number of allylic oxidation sites excluding steroid dienone is 1. The van der Waals surface area contributed by atoms with Crippen molar-refractivity contribution in [2.45, 2.75) is 13.0 Å². The highest BCUT2D eigenvalue weighted by Gasteiger charge is 2.34. The molecule has 0 bridgehead atoms. The Morgan fingerprint density at radius 2 is 1.80 bits per heavy atom. The number of thiophene rings is 1. The van der Waals surface area contributed by atoms with Gasteiger partial charge in [0.1, 0.15) is 10.6 Å². The standard InChI is InChI=1S/C26H18N4O3S2/c1-14-19(23(31)28-15-8-3-2-4-9-15)21(18-12-7-13-34-18)30-25(33)22(35-26(30)27-14)20-16-10-5-6-11-17(16)29-24(20)32/h2-13,21H,1H3,(H,28,31)(H,29,32)/b22-20-/t21-/m1/s1. The zero-order valence-electron chi connectivity index (χ0n) is 18.4. The van der Waals surface area contributed by atoms with Crippen LogP contribution < -0.4 is 25.5 Å². The molecule has 2 N–H and O–H groups in total. The van der Waals surface area contributed by atoms with Crippen LogP contribution in [0.25, 0.3) is 5.57 Å². The van der Waals surface area contributed by atoms with E-state index in [0.717, 1.165) is 4.88 Å². The highest BCUT2D eigenvalue weighted by molar-refractivity contribution is 7.10. The molecule has 7 nitrogen and oxygen atoms in total. The molecule has 2 amide bonds. The van der Waals surface area contributed by atoms with Crippen LogP contribution in [0.4, 0.5) is 11.4 Å². The van der Waals surface area contributed by atoms with Gasteiger partial charge >= 0.3 is 0 Å². The van der Waals surface area contributed by atoms with Gasteiger partial charge in [0.05, 0.1) is 16.8 Å². The van der Waals surface area contributed by atoms with Gasteiger partial charge in [0.15, 0.2) is 4.80 Å². The van der Waals surface area contributed by atoms with Crippen LogP contribution in [0, 0.1) is 0 Å². The van der Waals surface area contributed by atoms with E-state index in [9.17, 15) is 14.4 Å². The molecule has 2 aliphatic heterocycles. The van der Waals surface area contributed by atoms with E-state index >= 15 is 0 Å². The lowest BCUT2D eigenvalue weighted by Gasteiger charge is -2.24. The second-order valence-corrected chi connectivity index (χ2v) is 10.1. The number of amides is 2. The molecule has 4 heterocycles. The van der Waals surface area contributed by atoms with E-state index in [1.165, 1.54) is 22.7 Å². The molecule has 0 saturated carbocycles. The number of hydrogen-bond acceptors (Lipinski definition) is 6. The Labute approximate surface area is 207 Å². The van der Waals surface area contributed by atoms with Gasteiger partial charge in [0.2, 0.25) is 0 Å². The number of fused-ring (bicyclic) bond motifs is 2. The summed E-state index contributed by atoms with van der Waals surface area (Å²) < 4.78 is 1.85. The van der Waals surface area contributed by atoms with Gasteiger partial charge in [-0.25, -0.2) is 4.99 Å². The number of hydrogen-bond donors (Lipinski definition) is 2. The lowest BCUT2D eigenvalue weighted by Crippen LogP contribution is -2.41. The van der Waals surface area contributed by atoms with Crippen LogP contribution in [-0.4, -0.2) is 16.4 Å². The normalized spacial score (nSPS) is 18.0. The Hall–Kier alpha value is -4.08. The average molecular weight is 499 g/mol. The fourth-order valence-corrected chi connectivity index (χ4v) is 6.41. The van der Waals surface area contributed by atoms with Gasteiger partial charge in [-0.2, -0.15) is 0 Å². The first-order chi connectivity index (χ1) is 17.0. The van der Waals surface area contributed by atoms with Gasteiger partial charge in [0.25, 0.3) is 17.4 Å². The van der Waals surface area contributed by atoms with Crippen LogP contribution >= 0.6 is 22.7 Å². The number of benzene rings is 2. The number of aromatic nitrogens is 1. The monoisotopic (exact) mass is 498 g/mol. The van der Waals surface area contributed by atoms with Crippen molar-refractivity contribution in [1.29, 1.82) is 0 Å². The van der Waals surface area contributed by atoms with Crippen molar-refractivity contribution < 1.29 is 9.59 Å². The zero-order valence-corrected chi connectivity index (χ0v) is 20.1. The maximum atomic E-state index is 13.9. The molecule has 0 fully saturated rings. The van der Waals surface area contributed by atoms with Crippen LogP contribution in [0.15, 0.2) is 93.2 Å². The van der Waals surface area contributed by atoms with Crippen molar-refractivity contribution >= 4 is 51.4 Å². The molecule has 0 spiro atoms. The lowest BCUT2D eigenvalue weighted by atomic mass is 10.0. The molecule has 0 saturated heterocycles. The molecule has 0 aliphatic carbocycles. The van der Waals surface area contributed by atoms with E-state index < -0.39 is 6.04 Å². The largest absolute Gasteiger partial charge is 0.322 e. The molecular weight excluding hydrogens is 480 g/mol. The fourth-order valence-electron chi connectivity index (χ4n) is 4.44. The summed E-state index contributed by atoms with van der Waals surface area (Å²) in [6.45, 7) is 1.78. The number of anilines is 2. The number of thiazole rings is 1. The van der Waals surface area contributed by atoms with Crippen LogP contribution in [0.3, 0.4) is 0 Å². The Balaban J connectivity index is 1.57. The van der Waals surface area contributed by atoms with E-state index in [-0.39, 0.29) is 17.4 Å². The Bertz CT molecular complexity index is 1710. The molecule has 2 aliphatic rings. The van der Waals surface area contributed by atoms with Crippen molar-refractivity contribution in [1.82, 2.24) is 4.57 Å². The van der Waals surface area contributed by atoms with Gasteiger partial charge in [-0.3, -0.25) is 19.0 Å². The first-order valence-electron chi connectivity index (χ1n) is 10.9. The van der Waals surface area contributed by atoms with E-state index in [1.54, 1.807) is 23.6 Å². The minimum Gasteiger partial charge on any atom is -0.322 e. The number of carbonyl (C=O) groups excluding carboxylic acids is 2. The summed E-state index contributed by atoms with van der Waals surface area (Å²) >= 11 is 2.64. The molecule has 9 heteroatoms. The van der Waals surface area contributed by atoms with Crippen molar-refractivity contribution in [2.75, 3.05) is 10.6 Å². The summed E-state index contributed by atoms with van der Waals surface area (Å²) in [4.78, 5) is 46.1. The molecule has 0 unspecified atom stereocenters. The smallest absolute Gasteiger partial charge is 0.272 e. The highest BCUT2D eigenvalue weighted by Crippen LogP contribution is 2.34. The Morgan fingerprint density at radius 1 is 1.03 bits per heavy atom. The summed E-state index contributed by atoms with van der Waals surface area (Å²) in [6.07, 6.45) is 0. The molecule has 0 radical (unpaired) electrons. The Kier molecular flexibility index (Phi) is 5.09. The first-order valence-corrected chi connectivity index (χ1v) is 12.6. The minimum atomic E-state index is -0.649. The predicted octanol–water partition coefficient (Wildman–Crippen LogP) is 3.26. The van der Waals surface area contributed by atoms with Gasteiger partial charge in [-0.15, -0.1) is 11.3 Å². The van der Waals surface area contributed by atoms with E-state index in [4.69, 9.17) is 0 Å². The van der Waals surface area contributed by atoms with Gasteiger partial charge in [0, 0.05) is 21.8 Å². The van der Waals surface area contributed by atoms with Gasteiger partial charge in [-0.05, 0) is 36.6 Å².